The van der Waals surface area contributed by atoms with E-state index in [-0.39, 0.29) is 5.75 Å². The highest BCUT2D eigenvalue weighted by atomic mass is 35.5. The molecule has 0 atom stereocenters. The fourth-order valence-electron chi connectivity index (χ4n) is 2.82. The van der Waals surface area contributed by atoms with Crippen LogP contribution >= 0.6 is 11.6 Å². The first-order chi connectivity index (χ1) is 10.6. The van der Waals surface area contributed by atoms with E-state index in [9.17, 15) is 8.78 Å². The maximum absolute atomic E-state index is 12.5. The van der Waals surface area contributed by atoms with E-state index in [2.05, 4.69) is 21.9 Å². The van der Waals surface area contributed by atoms with Gasteiger partial charge in [-0.15, -0.1) is 0 Å². The van der Waals surface area contributed by atoms with Gasteiger partial charge in [0.1, 0.15) is 5.75 Å². The normalized spacial score (nSPS) is 17.1. The second kappa shape index (κ2) is 8.65. The smallest absolute Gasteiger partial charge is 0.387 e. The number of alkyl halides is 2. The summed E-state index contributed by atoms with van der Waals surface area (Å²) >= 11 is 5.98. The van der Waals surface area contributed by atoms with Gasteiger partial charge in [0.05, 0.1) is 0 Å². The first-order valence-electron chi connectivity index (χ1n) is 7.74. The maximum atomic E-state index is 12.5. The number of nitrogens with one attached hydrogen (secondary N) is 1. The Morgan fingerprint density at radius 2 is 2.09 bits per heavy atom. The molecular weight excluding hydrogens is 310 g/mol. The van der Waals surface area contributed by atoms with Crippen molar-refractivity contribution in [3.63, 3.8) is 0 Å². The van der Waals surface area contributed by atoms with Crippen LogP contribution in [-0.2, 0) is 6.54 Å². The monoisotopic (exact) mass is 332 g/mol. The van der Waals surface area contributed by atoms with Crippen LogP contribution in [0.5, 0.6) is 5.75 Å². The topological polar surface area (TPSA) is 24.5 Å². The molecule has 124 valence electrons. The Labute approximate surface area is 135 Å². The summed E-state index contributed by atoms with van der Waals surface area (Å²) in [7, 11) is 0. The maximum Gasteiger partial charge on any atom is 0.387 e. The molecule has 1 N–H and O–H groups in total. The van der Waals surface area contributed by atoms with E-state index in [1.54, 1.807) is 12.1 Å². The number of rotatable bonds is 7. The minimum Gasteiger partial charge on any atom is -0.434 e. The van der Waals surface area contributed by atoms with Crippen LogP contribution in [0.3, 0.4) is 0 Å². The molecule has 0 amide bonds. The Bertz CT molecular complexity index is 465. The third-order valence-electron chi connectivity index (χ3n) is 4.02. The van der Waals surface area contributed by atoms with Crippen LogP contribution in [0, 0.1) is 5.92 Å². The van der Waals surface area contributed by atoms with Crippen LogP contribution in [0.1, 0.15) is 25.3 Å². The van der Waals surface area contributed by atoms with Crippen LogP contribution in [0.15, 0.2) is 18.2 Å². The summed E-state index contributed by atoms with van der Waals surface area (Å²) in [6, 6.07) is 4.80. The van der Waals surface area contributed by atoms with Gasteiger partial charge in [-0.3, -0.25) is 4.90 Å². The summed E-state index contributed by atoms with van der Waals surface area (Å²) in [6.07, 6.45) is 2.25. The van der Waals surface area contributed by atoms with Gasteiger partial charge in [0.15, 0.2) is 0 Å². The summed E-state index contributed by atoms with van der Waals surface area (Å²) in [5.41, 5.74) is 0.720. The van der Waals surface area contributed by atoms with Crippen LogP contribution in [0.2, 0.25) is 5.02 Å². The largest absolute Gasteiger partial charge is 0.434 e. The zero-order valence-corrected chi connectivity index (χ0v) is 13.6. The molecule has 1 aliphatic heterocycles. The van der Waals surface area contributed by atoms with Crippen molar-refractivity contribution in [2.45, 2.75) is 32.9 Å². The van der Waals surface area contributed by atoms with Crippen molar-refractivity contribution >= 4 is 11.6 Å². The molecule has 0 radical (unpaired) electrons. The fraction of sp³-hybridized carbons (Fsp3) is 0.625. The third kappa shape index (κ3) is 5.38. The van der Waals surface area contributed by atoms with Gasteiger partial charge in [-0.1, -0.05) is 18.5 Å². The second-order valence-electron chi connectivity index (χ2n) is 5.66. The lowest BCUT2D eigenvalue weighted by atomic mass is 9.96. The lowest BCUT2D eigenvalue weighted by Gasteiger charge is -2.32. The quantitative estimate of drug-likeness (QED) is 0.822. The van der Waals surface area contributed by atoms with Gasteiger partial charge in [-0.25, -0.2) is 0 Å². The van der Waals surface area contributed by atoms with Crippen LogP contribution < -0.4 is 10.1 Å². The predicted octanol–water partition coefficient (Wildman–Crippen LogP) is 3.76. The molecule has 1 aromatic carbocycles. The summed E-state index contributed by atoms with van der Waals surface area (Å²) in [6.45, 7) is 3.88. The fourth-order valence-corrected chi connectivity index (χ4v) is 3.02. The molecule has 0 saturated carbocycles. The lowest BCUT2D eigenvalue weighted by molar-refractivity contribution is -0.0508. The van der Waals surface area contributed by atoms with E-state index >= 15 is 0 Å². The molecule has 6 heteroatoms. The van der Waals surface area contributed by atoms with Crippen molar-refractivity contribution < 1.29 is 13.5 Å². The highest BCUT2D eigenvalue weighted by Gasteiger charge is 2.20. The first kappa shape index (κ1) is 17.4. The van der Waals surface area contributed by atoms with Crippen LogP contribution in [-0.4, -0.2) is 37.7 Å². The number of halogens is 3. The lowest BCUT2D eigenvalue weighted by Crippen LogP contribution is -2.37. The Balaban J connectivity index is 1.92. The number of nitrogens with zero attached hydrogens (tertiary/aromatic N) is 1. The standard InChI is InChI=1S/C16H23ClF2N2O/c1-2-20-10-12-5-7-21(8-6-12)11-13-9-14(17)3-4-15(13)22-16(18)19/h3-4,9,12,16,20H,2,5-8,10-11H2,1H3. The highest BCUT2D eigenvalue weighted by molar-refractivity contribution is 6.30. The first-order valence-corrected chi connectivity index (χ1v) is 8.12. The van der Waals surface area contributed by atoms with Crippen molar-refractivity contribution in [1.82, 2.24) is 10.2 Å². The van der Waals surface area contributed by atoms with Crippen molar-refractivity contribution in [2.24, 2.45) is 5.92 Å². The number of piperidine rings is 1. The average molecular weight is 333 g/mol. The highest BCUT2D eigenvalue weighted by Crippen LogP contribution is 2.27. The predicted molar refractivity (Wildman–Crippen MR) is 84.6 cm³/mol. The van der Waals surface area contributed by atoms with Gasteiger partial charge < -0.3 is 10.1 Å². The van der Waals surface area contributed by atoms with Crippen molar-refractivity contribution in [2.75, 3.05) is 26.2 Å². The van der Waals surface area contributed by atoms with Crippen LogP contribution in [0.25, 0.3) is 0 Å². The molecule has 1 heterocycles. The van der Waals surface area contributed by atoms with Gasteiger partial charge in [-0.2, -0.15) is 8.78 Å². The number of likely N-dealkylation sites (tertiary alicyclic amines) is 1. The van der Waals surface area contributed by atoms with Crippen molar-refractivity contribution in [1.29, 1.82) is 0 Å². The molecular formula is C16H23ClF2N2O. The summed E-state index contributed by atoms with van der Waals surface area (Å²) < 4.78 is 29.5. The van der Waals surface area contributed by atoms with E-state index < -0.39 is 6.61 Å². The molecule has 0 aromatic heterocycles. The molecule has 1 aromatic rings. The molecule has 1 saturated heterocycles. The zero-order valence-electron chi connectivity index (χ0n) is 12.8. The molecule has 0 aliphatic carbocycles. The van der Waals surface area contributed by atoms with Gasteiger partial charge in [-0.05, 0) is 63.1 Å². The van der Waals surface area contributed by atoms with E-state index in [1.807, 2.05) is 0 Å². The molecule has 2 rings (SSSR count). The molecule has 0 bridgehead atoms. The molecule has 0 spiro atoms. The number of ether oxygens (including phenoxy) is 1. The summed E-state index contributed by atoms with van der Waals surface area (Å²) in [5.74, 6) is 0.918. The van der Waals surface area contributed by atoms with E-state index in [0.717, 1.165) is 44.6 Å². The average Bonchev–Trinajstić information content (AvgIpc) is 2.49. The Kier molecular flexibility index (Phi) is 6.86. The number of benzene rings is 1. The van der Waals surface area contributed by atoms with Crippen molar-refractivity contribution in [3.05, 3.63) is 28.8 Å². The molecule has 22 heavy (non-hydrogen) atoms. The van der Waals surface area contributed by atoms with Gasteiger partial charge in [0, 0.05) is 17.1 Å². The van der Waals surface area contributed by atoms with Crippen LogP contribution in [0.4, 0.5) is 8.78 Å². The molecule has 1 fully saturated rings. The Morgan fingerprint density at radius 1 is 1.36 bits per heavy atom. The zero-order chi connectivity index (χ0) is 15.9. The Hall–Kier alpha value is -0.910. The minimum atomic E-state index is -2.81. The minimum absolute atomic E-state index is 0.217. The number of hydrogen-bond donors (Lipinski definition) is 1. The van der Waals surface area contributed by atoms with E-state index in [0.29, 0.717) is 17.5 Å². The van der Waals surface area contributed by atoms with Crippen molar-refractivity contribution in [3.8, 4) is 5.75 Å². The summed E-state index contributed by atoms with van der Waals surface area (Å²) in [4.78, 5) is 2.27. The SMILES string of the molecule is CCNCC1CCN(Cc2cc(Cl)ccc2OC(F)F)CC1. The summed E-state index contributed by atoms with van der Waals surface area (Å²) in [5, 5.41) is 3.92. The third-order valence-corrected chi connectivity index (χ3v) is 4.26. The molecule has 3 nitrogen and oxygen atoms in total. The second-order valence-corrected chi connectivity index (χ2v) is 6.09. The van der Waals surface area contributed by atoms with E-state index in [1.165, 1.54) is 6.07 Å². The van der Waals surface area contributed by atoms with Gasteiger partial charge in [0.25, 0.3) is 0 Å². The van der Waals surface area contributed by atoms with Gasteiger partial charge >= 0.3 is 6.61 Å². The Morgan fingerprint density at radius 3 is 2.73 bits per heavy atom. The molecule has 0 unspecified atom stereocenters. The number of hydrogen-bond acceptors (Lipinski definition) is 3. The molecule has 1 aliphatic rings. The van der Waals surface area contributed by atoms with Gasteiger partial charge in [0.2, 0.25) is 0 Å². The van der Waals surface area contributed by atoms with E-state index in [4.69, 9.17) is 11.6 Å².